The summed E-state index contributed by atoms with van der Waals surface area (Å²) in [6.45, 7) is 3.02. The van der Waals surface area contributed by atoms with Gasteiger partial charge in [-0.05, 0) is 6.92 Å². The van der Waals surface area contributed by atoms with E-state index in [-0.39, 0.29) is 12.8 Å². The fourth-order valence-corrected chi connectivity index (χ4v) is 2.85. The first kappa shape index (κ1) is 15.7. The second-order valence-electron chi connectivity index (χ2n) is 4.99. The van der Waals surface area contributed by atoms with Crippen molar-refractivity contribution in [1.82, 2.24) is 15.6 Å². The molecule has 0 bridgehead atoms. The average molecular weight is 313 g/mol. The van der Waals surface area contributed by atoms with Gasteiger partial charge in [-0.1, -0.05) is 0 Å². The van der Waals surface area contributed by atoms with E-state index in [1.165, 1.54) is 0 Å². The van der Waals surface area contributed by atoms with E-state index in [1.807, 2.05) is 12.3 Å². The van der Waals surface area contributed by atoms with Crippen molar-refractivity contribution in [2.45, 2.75) is 31.7 Å². The van der Waals surface area contributed by atoms with Crippen molar-refractivity contribution in [1.29, 1.82) is 0 Å². The van der Waals surface area contributed by atoms with E-state index in [9.17, 15) is 14.7 Å². The average Bonchev–Trinajstić information content (AvgIpc) is 2.85. The number of thiazole rings is 1. The van der Waals surface area contributed by atoms with Crippen molar-refractivity contribution in [2.24, 2.45) is 0 Å². The predicted molar refractivity (Wildman–Crippen MR) is 77.5 cm³/mol. The molecule has 1 fully saturated rings. The number of ether oxygens (including phenoxy) is 1. The van der Waals surface area contributed by atoms with E-state index >= 15 is 0 Å². The normalized spacial score (nSPS) is 17.2. The summed E-state index contributed by atoms with van der Waals surface area (Å²) in [5.41, 5.74) is -0.295. The number of hydrogen-bond donors (Lipinski definition) is 3. The molecule has 1 aliphatic rings. The van der Waals surface area contributed by atoms with E-state index in [0.717, 1.165) is 10.7 Å². The number of hydrogen-bond acceptors (Lipinski definition) is 5. The largest absolute Gasteiger partial charge is 0.480 e. The number of carboxylic acids is 1. The summed E-state index contributed by atoms with van der Waals surface area (Å²) >= 11 is 1.56. The molecule has 0 aliphatic carbocycles. The van der Waals surface area contributed by atoms with Crippen LogP contribution in [-0.4, -0.2) is 47.4 Å². The molecule has 1 aromatic heterocycles. The summed E-state index contributed by atoms with van der Waals surface area (Å²) in [4.78, 5) is 27.6. The number of carbonyl (C=O) groups is 2. The van der Waals surface area contributed by atoms with E-state index < -0.39 is 17.5 Å². The van der Waals surface area contributed by atoms with Gasteiger partial charge in [-0.2, -0.15) is 0 Å². The zero-order valence-corrected chi connectivity index (χ0v) is 12.7. The highest BCUT2D eigenvalue weighted by atomic mass is 32.1. The molecule has 3 N–H and O–H groups in total. The van der Waals surface area contributed by atoms with Crippen LogP contribution >= 0.6 is 11.3 Å². The first-order valence-electron chi connectivity index (χ1n) is 6.80. The summed E-state index contributed by atoms with van der Waals surface area (Å²) in [5, 5.41) is 17.5. The zero-order valence-electron chi connectivity index (χ0n) is 11.8. The highest BCUT2D eigenvalue weighted by Gasteiger charge is 2.41. The fourth-order valence-electron chi connectivity index (χ4n) is 2.20. The lowest BCUT2D eigenvalue weighted by atomic mass is 9.90. The zero-order chi connectivity index (χ0) is 15.3. The first-order chi connectivity index (χ1) is 10.0. The number of urea groups is 1. The third-order valence-corrected chi connectivity index (χ3v) is 4.26. The van der Waals surface area contributed by atoms with Crippen molar-refractivity contribution in [3.63, 3.8) is 0 Å². The second-order valence-corrected chi connectivity index (χ2v) is 6.05. The highest BCUT2D eigenvalue weighted by Crippen LogP contribution is 2.20. The Balaban J connectivity index is 1.81. The van der Waals surface area contributed by atoms with Gasteiger partial charge in [-0.3, -0.25) is 0 Å². The standard InChI is InChI=1S/C13H19N3O4S/c1-9-15-10(8-21-9)2-5-14-12(19)16-13(11(17)18)3-6-20-7-4-13/h8H,2-7H2,1H3,(H,17,18)(H2,14,16,19). The molecular formula is C13H19N3O4S. The van der Waals surface area contributed by atoms with Crippen LogP contribution < -0.4 is 10.6 Å². The number of aromatic nitrogens is 1. The van der Waals surface area contributed by atoms with Gasteiger partial charge in [0.25, 0.3) is 0 Å². The number of nitrogens with zero attached hydrogens (tertiary/aromatic N) is 1. The van der Waals surface area contributed by atoms with E-state index in [1.54, 1.807) is 11.3 Å². The fraction of sp³-hybridized carbons (Fsp3) is 0.615. The monoisotopic (exact) mass is 313 g/mol. The molecular weight excluding hydrogens is 294 g/mol. The van der Waals surface area contributed by atoms with E-state index in [0.29, 0.717) is 26.2 Å². The lowest BCUT2D eigenvalue weighted by Gasteiger charge is -2.33. The van der Waals surface area contributed by atoms with Gasteiger partial charge in [0.1, 0.15) is 5.54 Å². The molecule has 116 valence electrons. The molecule has 1 aromatic rings. The second kappa shape index (κ2) is 6.86. The molecule has 21 heavy (non-hydrogen) atoms. The maximum atomic E-state index is 11.9. The summed E-state index contributed by atoms with van der Waals surface area (Å²) in [7, 11) is 0. The van der Waals surface area contributed by atoms with Gasteiger partial charge in [0.05, 0.1) is 10.7 Å². The Kier molecular flexibility index (Phi) is 5.13. The quantitative estimate of drug-likeness (QED) is 0.751. The lowest BCUT2D eigenvalue weighted by Crippen LogP contribution is -2.59. The molecule has 0 radical (unpaired) electrons. The van der Waals surface area contributed by atoms with Crippen LogP contribution in [0.5, 0.6) is 0 Å². The molecule has 7 nitrogen and oxygen atoms in total. The Labute approximate surface area is 126 Å². The minimum atomic E-state index is -1.22. The first-order valence-corrected chi connectivity index (χ1v) is 7.68. The Bertz CT molecular complexity index is 511. The smallest absolute Gasteiger partial charge is 0.329 e. The van der Waals surface area contributed by atoms with Crippen LogP contribution in [0.3, 0.4) is 0 Å². The maximum absolute atomic E-state index is 11.9. The summed E-state index contributed by atoms with van der Waals surface area (Å²) < 4.78 is 5.16. The number of aryl methyl sites for hydroxylation is 1. The molecule has 1 aliphatic heterocycles. The van der Waals surface area contributed by atoms with E-state index in [2.05, 4.69) is 15.6 Å². The summed E-state index contributed by atoms with van der Waals surface area (Å²) in [6, 6.07) is -0.466. The van der Waals surface area contributed by atoms with Crippen molar-refractivity contribution in [3.8, 4) is 0 Å². The minimum absolute atomic E-state index is 0.279. The Morgan fingerprint density at radius 1 is 1.48 bits per heavy atom. The molecule has 0 atom stereocenters. The van der Waals surface area contributed by atoms with Crippen molar-refractivity contribution in [2.75, 3.05) is 19.8 Å². The number of nitrogens with one attached hydrogen (secondary N) is 2. The summed E-state index contributed by atoms with van der Waals surface area (Å²) in [6.07, 6.45) is 1.18. The van der Waals surface area contributed by atoms with Gasteiger partial charge in [0, 0.05) is 44.4 Å². The molecule has 0 unspecified atom stereocenters. The van der Waals surface area contributed by atoms with Crippen molar-refractivity contribution < 1.29 is 19.4 Å². The van der Waals surface area contributed by atoms with Gasteiger partial charge in [0.2, 0.25) is 0 Å². The van der Waals surface area contributed by atoms with Gasteiger partial charge in [-0.15, -0.1) is 11.3 Å². The van der Waals surface area contributed by atoms with Crippen LogP contribution in [0.15, 0.2) is 5.38 Å². The van der Waals surface area contributed by atoms with Gasteiger partial charge >= 0.3 is 12.0 Å². The van der Waals surface area contributed by atoms with E-state index in [4.69, 9.17) is 4.74 Å². The van der Waals surface area contributed by atoms with Crippen LogP contribution in [0, 0.1) is 6.92 Å². The van der Waals surface area contributed by atoms with Crippen LogP contribution in [-0.2, 0) is 16.0 Å². The van der Waals surface area contributed by atoms with Crippen LogP contribution in [0.2, 0.25) is 0 Å². The van der Waals surface area contributed by atoms with Gasteiger partial charge in [0.15, 0.2) is 0 Å². The number of carboxylic acid groups (broad SMARTS) is 1. The van der Waals surface area contributed by atoms with Crippen LogP contribution in [0.25, 0.3) is 0 Å². The molecule has 8 heteroatoms. The SMILES string of the molecule is Cc1nc(CCNC(=O)NC2(C(=O)O)CCOCC2)cs1. The van der Waals surface area contributed by atoms with Gasteiger partial charge in [-0.25, -0.2) is 14.6 Å². The molecule has 2 heterocycles. The molecule has 0 spiro atoms. The van der Waals surface area contributed by atoms with Gasteiger partial charge < -0.3 is 20.5 Å². The number of amides is 2. The van der Waals surface area contributed by atoms with Crippen molar-refractivity contribution in [3.05, 3.63) is 16.1 Å². The molecule has 0 saturated carbocycles. The number of aliphatic carboxylic acids is 1. The molecule has 2 amide bonds. The van der Waals surface area contributed by atoms with Crippen molar-refractivity contribution >= 4 is 23.3 Å². The third-order valence-electron chi connectivity index (χ3n) is 3.44. The third kappa shape index (κ3) is 4.15. The molecule has 0 aromatic carbocycles. The predicted octanol–water partition coefficient (Wildman–Crippen LogP) is 0.927. The van der Waals surface area contributed by atoms with Crippen LogP contribution in [0.4, 0.5) is 4.79 Å². The number of rotatable bonds is 5. The molecule has 1 saturated heterocycles. The lowest BCUT2D eigenvalue weighted by molar-refractivity contribution is -0.148. The van der Waals surface area contributed by atoms with Crippen LogP contribution in [0.1, 0.15) is 23.5 Å². The Hall–Kier alpha value is -1.67. The topological polar surface area (TPSA) is 101 Å². The Morgan fingerprint density at radius 3 is 2.76 bits per heavy atom. The molecule has 2 rings (SSSR count). The Morgan fingerprint density at radius 2 is 2.19 bits per heavy atom. The maximum Gasteiger partial charge on any atom is 0.329 e. The number of carbonyl (C=O) groups excluding carboxylic acids is 1. The highest BCUT2D eigenvalue weighted by molar-refractivity contribution is 7.09. The summed E-state index contributed by atoms with van der Waals surface area (Å²) in [5.74, 6) is -1.02. The minimum Gasteiger partial charge on any atom is -0.480 e.